The minimum atomic E-state index is -0.119. The van der Waals surface area contributed by atoms with E-state index in [0.29, 0.717) is 23.0 Å². The van der Waals surface area contributed by atoms with Gasteiger partial charge in [0.1, 0.15) is 0 Å². The lowest BCUT2D eigenvalue weighted by Gasteiger charge is -2.22. The van der Waals surface area contributed by atoms with Crippen LogP contribution in [0.3, 0.4) is 0 Å². The van der Waals surface area contributed by atoms with Crippen LogP contribution in [0, 0.1) is 5.92 Å². The maximum Gasteiger partial charge on any atom is 0.252 e. The smallest absolute Gasteiger partial charge is 0.252 e. The Balaban J connectivity index is 1.76. The summed E-state index contributed by atoms with van der Waals surface area (Å²) in [4.78, 5) is 15.7. The third-order valence-electron chi connectivity index (χ3n) is 3.25. The van der Waals surface area contributed by atoms with E-state index in [4.69, 9.17) is 11.6 Å². The van der Waals surface area contributed by atoms with E-state index in [1.165, 1.54) is 19.0 Å². The molecule has 2 rings (SSSR count). The minimum Gasteiger partial charge on any atom is -0.352 e. The summed E-state index contributed by atoms with van der Waals surface area (Å²) in [5.74, 6) is 0.554. The van der Waals surface area contributed by atoms with E-state index in [0.717, 1.165) is 19.5 Å². The molecule has 0 radical (unpaired) electrons. The first-order chi connectivity index (χ1) is 8.77. The predicted molar refractivity (Wildman–Crippen MR) is 71.8 cm³/mol. The average Bonchev–Trinajstić information content (AvgIpc) is 2.40. The molecule has 1 aliphatic rings. The Hall–Kier alpha value is -1.13. The highest BCUT2D eigenvalue weighted by Gasteiger charge is 2.14. The van der Waals surface area contributed by atoms with Crippen molar-refractivity contribution in [1.82, 2.24) is 15.6 Å². The quantitative estimate of drug-likeness (QED) is 0.876. The van der Waals surface area contributed by atoms with Gasteiger partial charge in [-0.1, -0.05) is 11.6 Å². The molecule has 0 aliphatic carbocycles. The fraction of sp³-hybridized carbons (Fsp3) is 0.538. The van der Waals surface area contributed by atoms with Gasteiger partial charge < -0.3 is 10.6 Å². The van der Waals surface area contributed by atoms with Crippen LogP contribution in [0.2, 0.25) is 5.02 Å². The second-order valence-corrected chi connectivity index (χ2v) is 5.02. The maximum absolute atomic E-state index is 11.9. The Morgan fingerprint density at radius 2 is 2.50 bits per heavy atom. The van der Waals surface area contributed by atoms with Crippen molar-refractivity contribution < 1.29 is 4.79 Å². The lowest BCUT2D eigenvalue weighted by molar-refractivity contribution is 0.0950. The monoisotopic (exact) mass is 267 g/mol. The molecule has 2 N–H and O–H groups in total. The Kier molecular flexibility index (Phi) is 4.96. The van der Waals surface area contributed by atoms with Crippen molar-refractivity contribution in [2.45, 2.75) is 19.3 Å². The molecule has 1 aromatic rings. The Morgan fingerprint density at radius 1 is 1.61 bits per heavy atom. The van der Waals surface area contributed by atoms with Gasteiger partial charge in [0.05, 0.1) is 10.6 Å². The number of aromatic nitrogens is 1. The zero-order valence-corrected chi connectivity index (χ0v) is 11.0. The molecular formula is C13H18ClN3O. The Bertz CT molecular complexity index is 405. The van der Waals surface area contributed by atoms with Crippen molar-refractivity contribution in [3.63, 3.8) is 0 Å². The highest BCUT2D eigenvalue weighted by Crippen LogP contribution is 2.14. The topological polar surface area (TPSA) is 54.0 Å². The van der Waals surface area contributed by atoms with E-state index in [9.17, 15) is 4.79 Å². The number of hydrogen-bond acceptors (Lipinski definition) is 3. The van der Waals surface area contributed by atoms with Crippen molar-refractivity contribution in [3.8, 4) is 0 Å². The molecule has 1 amide bonds. The lowest BCUT2D eigenvalue weighted by atomic mass is 9.96. The number of pyridine rings is 1. The standard InChI is InChI=1S/C13H18ClN3O/c14-12-9-16-6-4-11(12)13(18)17-7-3-10-2-1-5-15-8-10/h4,6,9-10,15H,1-3,5,7-8H2,(H,17,18). The van der Waals surface area contributed by atoms with Gasteiger partial charge in [-0.15, -0.1) is 0 Å². The zero-order valence-electron chi connectivity index (χ0n) is 10.3. The molecule has 1 saturated heterocycles. The van der Waals surface area contributed by atoms with Gasteiger partial charge in [0.15, 0.2) is 0 Å². The molecule has 98 valence electrons. The van der Waals surface area contributed by atoms with Crippen molar-refractivity contribution in [1.29, 1.82) is 0 Å². The molecule has 0 saturated carbocycles. The highest BCUT2D eigenvalue weighted by molar-refractivity contribution is 6.33. The summed E-state index contributed by atoms with van der Waals surface area (Å²) in [7, 11) is 0. The number of piperidine rings is 1. The number of rotatable bonds is 4. The number of hydrogen-bond donors (Lipinski definition) is 2. The van der Waals surface area contributed by atoms with Gasteiger partial charge in [0, 0.05) is 18.9 Å². The highest BCUT2D eigenvalue weighted by atomic mass is 35.5. The summed E-state index contributed by atoms with van der Waals surface area (Å²) in [6.07, 6.45) is 6.56. The molecule has 4 nitrogen and oxygen atoms in total. The van der Waals surface area contributed by atoms with E-state index in [2.05, 4.69) is 15.6 Å². The first kappa shape index (κ1) is 13.3. The van der Waals surface area contributed by atoms with Gasteiger partial charge in [-0.3, -0.25) is 9.78 Å². The van der Waals surface area contributed by atoms with Crippen molar-refractivity contribution in [2.24, 2.45) is 5.92 Å². The Morgan fingerprint density at radius 3 is 3.22 bits per heavy atom. The van der Waals surface area contributed by atoms with Crippen LogP contribution in [-0.2, 0) is 0 Å². The molecule has 2 heterocycles. The number of carbonyl (C=O) groups excluding carboxylic acids is 1. The number of nitrogens with zero attached hydrogens (tertiary/aromatic N) is 1. The molecule has 0 aromatic carbocycles. The normalized spacial score (nSPS) is 19.5. The number of carbonyl (C=O) groups is 1. The van der Waals surface area contributed by atoms with Crippen molar-refractivity contribution in [2.75, 3.05) is 19.6 Å². The van der Waals surface area contributed by atoms with Gasteiger partial charge in [-0.05, 0) is 44.3 Å². The second kappa shape index (κ2) is 6.71. The summed E-state index contributed by atoms with van der Waals surface area (Å²) in [6.45, 7) is 2.88. The van der Waals surface area contributed by atoms with Crippen molar-refractivity contribution in [3.05, 3.63) is 29.0 Å². The fourth-order valence-electron chi connectivity index (χ4n) is 2.21. The molecule has 1 fully saturated rings. The number of amides is 1. The molecule has 1 aliphatic heterocycles. The number of nitrogens with one attached hydrogen (secondary N) is 2. The summed E-state index contributed by atoms with van der Waals surface area (Å²) >= 11 is 5.91. The van der Waals surface area contributed by atoms with Crippen LogP contribution < -0.4 is 10.6 Å². The summed E-state index contributed by atoms with van der Waals surface area (Å²) < 4.78 is 0. The van der Waals surface area contributed by atoms with Gasteiger partial charge >= 0.3 is 0 Å². The SMILES string of the molecule is O=C(NCCC1CCCNC1)c1ccncc1Cl. The largest absolute Gasteiger partial charge is 0.352 e. The van der Waals surface area contributed by atoms with Gasteiger partial charge in [-0.25, -0.2) is 0 Å². The number of halogens is 1. The van der Waals surface area contributed by atoms with Crippen LogP contribution in [-0.4, -0.2) is 30.5 Å². The summed E-state index contributed by atoms with van der Waals surface area (Å²) in [5, 5.41) is 6.68. The van der Waals surface area contributed by atoms with Crippen LogP contribution in [0.4, 0.5) is 0 Å². The van der Waals surface area contributed by atoms with E-state index in [1.54, 1.807) is 12.3 Å². The maximum atomic E-state index is 11.9. The van der Waals surface area contributed by atoms with Crippen LogP contribution >= 0.6 is 11.6 Å². The van der Waals surface area contributed by atoms with Gasteiger partial charge in [0.25, 0.3) is 5.91 Å². The van der Waals surface area contributed by atoms with Crippen LogP contribution in [0.15, 0.2) is 18.5 Å². The molecule has 0 bridgehead atoms. The Labute approximate surface area is 112 Å². The summed E-state index contributed by atoms with van der Waals surface area (Å²) in [5.41, 5.74) is 0.494. The predicted octanol–water partition coefficient (Wildman–Crippen LogP) is 1.85. The van der Waals surface area contributed by atoms with E-state index in [-0.39, 0.29) is 5.91 Å². The third kappa shape index (κ3) is 3.68. The summed E-state index contributed by atoms with van der Waals surface area (Å²) in [6, 6.07) is 1.64. The third-order valence-corrected chi connectivity index (χ3v) is 3.56. The first-order valence-electron chi connectivity index (χ1n) is 6.36. The molecule has 1 aromatic heterocycles. The van der Waals surface area contributed by atoms with Crippen molar-refractivity contribution >= 4 is 17.5 Å². The minimum absolute atomic E-state index is 0.119. The molecular weight excluding hydrogens is 250 g/mol. The molecule has 1 unspecified atom stereocenters. The molecule has 18 heavy (non-hydrogen) atoms. The first-order valence-corrected chi connectivity index (χ1v) is 6.73. The van der Waals surface area contributed by atoms with E-state index in [1.807, 2.05) is 0 Å². The second-order valence-electron chi connectivity index (χ2n) is 4.61. The van der Waals surface area contributed by atoms with Crippen LogP contribution in [0.1, 0.15) is 29.6 Å². The van der Waals surface area contributed by atoms with Crippen LogP contribution in [0.25, 0.3) is 0 Å². The van der Waals surface area contributed by atoms with E-state index < -0.39 is 0 Å². The zero-order chi connectivity index (χ0) is 12.8. The van der Waals surface area contributed by atoms with E-state index >= 15 is 0 Å². The van der Waals surface area contributed by atoms with Gasteiger partial charge in [0.2, 0.25) is 0 Å². The average molecular weight is 268 g/mol. The fourth-order valence-corrected chi connectivity index (χ4v) is 2.42. The molecule has 5 heteroatoms. The van der Waals surface area contributed by atoms with Crippen LogP contribution in [0.5, 0.6) is 0 Å². The van der Waals surface area contributed by atoms with Gasteiger partial charge in [-0.2, -0.15) is 0 Å². The molecule has 0 spiro atoms. The lowest BCUT2D eigenvalue weighted by Crippen LogP contribution is -2.33. The molecule has 1 atom stereocenters.